The van der Waals surface area contributed by atoms with Gasteiger partial charge in [0.2, 0.25) is 15.9 Å². The minimum Gasteiger partial charge on any atom is -0.325 e. The van der Waals surface area contributed by atoms with Gasteiger partial charge in [-0.3, -0.25) is 4.79 Å². The highest BCUT2D eigenvalue weighted by molar-refractivity contribution is 7.99. The number of hydrogen-bond donors (Lipinski definition) is 1. The molecule has 2 aromatic rings. The molecular formula is C19H24N4O3S2. The number of sulfonamides is 1. The number of carbonyl (C=O) groups excluding carboxylic acids is 1. The van der Waals surface area contributed by atoms with Gasteiger partial charge in [0.25, 0.3) is 0 Å². The summed E-state index contributed by atoms with van der Waals surface area (Å²) >= 11 is 1.27. The number of anilines is 1. The predicted molar refractivity (Wildman–Crippen MR) is 110 cm³/mol. The summed E-state index contributed by atoms with van der Waals surface area (Å²) < 4.78 is 26.6. The van der Waals surface area contributed by atoms with E-state index >= 15 is 0 Å². The minimum atomic E-state index is -3.44. The molecule has 1 aliphatic rings. The zero-order valence-electron chi connectivity index (χ0n) is 16.2. The maximum absolute atomic E-state index is 12.5. The highest BCUT2D eigenvalue weighted by atomic mass is 32.2. The molecule has 0 saturated carbocycles. The molecular weight excluding hydrogens is 396 g/mol. The van der Waals surface area contributed by atoms with E-state index in [1.54, 1.807) is 12.1 Å². The summed E-state index contributed by atoms with van der Waals surface area (Å²) in [4.78, 5) is 21.2. The summed E-state index contributed by atoms with van der Waals surface area (Å²) in [7, 11) is -3.44. The van der Waals surface area contributed by atoms with Crippen LogP contribution in [-0.2, 0) is 14.8 Å². The Morgan fingerprint density at radius 2 is 1.64 bits per heavy atom. The number of thioether (sulfide) groups is 1. The number of rotatable bonds is 6. The van der Waals surface area contributed by atoms with Crippen molar-refractivity contribution in [3.63, 3.8) is 0 Å². The van der Waals surface area contributed by atoms with Crippen LogP contribution in [0.1, 0.15) is 29.8 Å². The van der Waals surface area contributed by atoms with Crippen LogP contribution < -0.4 is 5.32 Å². The topological polar surface area (TPSA) is 92.3 Å². The van der Waals surface area contributed by atoms with Gasteiger partial charge in [-0.15, -0.1) is 0 Å². The smallest absolute Gasteiger partial charge is 0.243 e. The fourth-order valence-electron chi connectivity index (χ4n) is 2.92. The molecule has 0 bridgehead atoms. The molecule has 1 fully saturated rings. The third-order valence-corrected chi connectivity index (χ3v) is 7.55. The summed E-state index contributed by atoms with van der Waals surface area (Å²) in [5.74, 6) is -0.0184. The average molecular weight is 421 g/mol. The van der Waals surface area contributed by atoms with E-state index in [2.05, 4.69) is 15.3 Å². The van der Waals surface area contributed by atoms with Crippen molar-refractivity contribution in [2.45, 2.75) is 43.7 Å². The van der Waals surface area contributed by atoms with Crippen LogP contribution in [0.15, 0.2) is 34.3 Å². The maximum Gasteiger partial charge on any atom is 0.243 e. The van der Waals surface area contributed by atoms with E-state index in [4.69, 9.17) is 0 Å². The molecule has 3 rings (SSSR count). The molecule has 0 unspecified atom stereocenters. The molecule has 28 heavy (non-hydrogen) atoms. The molecule has 7 nitrogen and oxygen atoms in total. The molecule has 150 valence electrons. The van der Waals surface area contributed by atoms with Crippen molar-refractivity contribution in [1.29, 1.82) is 0 Å². The summed E-state index contributed by atoms with van der Waals surface area (Å²) in [6, 6.07) is 6.29. The maximum atomic E-state index is 12.5. The molecule has 1 amide bonds. The van der Waals surface area contributed by atoms with E-state index in [-0.39, 0.29) is 16.6 Å². The lowest BCUT2D eigenvalue weighted by molar-refractivity contribution is -0.113. The molecule has 1 aliphatic heterocycles. The lowest BCUT2D eigenvalue weighted by Gasteiger charge is -2.15. The van der Waals surface area contributed by atoms with E-state index < -0.39 is 10.0 Å². The van der Waals surface area contributed by atoms with Gasteiger partial charge in [0.1, 0.15) is 0 Å². The number of amides is 1. The Kier molecular flexibility index (Phi) is 6.36. The van der Waals surface area contributed by atoms with E-state index in [0.29, 0.717) is 23.9 Å². The normalized spacial score (nSPS) is 15.0. The second-order valence-electron chi connectivity index (χ2n) is 6.77. The van der Waals surface area contributed by atoms with Crippen LogP contribution >= 0.6 is 11.8 Å². The fourth-order valence-corrected chi connectivity index (χ4v) is 5.17. The molecule has 1 saturated heterocycles. The number of benzene rings is 1. The average Bonchev–Trinajstić information content (AvgIpc) is 3.20. The molecule has 0 atom stereocenters. The first-order valence-corrected chi connectivity index (χ1v) is 11.5. The Labute approximate surface area is 170 Å². The molecule has 1 aromatic carbocycles. The quantitative estimate of drug-likeness (QED) is 0.571. The number of hydrogen-bond acceptors (Lipinski definition) is 6. The summed E-state index contributed by atoms with van der Waals surface area (Å²) in [6.07, 6.45) is 1.80. The monoisotopic (exact) mass is 420 g/mol. The lowest BCUT2D eigenvalue weighted by Crippen LogP contribution is -2.27. The van der Waals surface area contributed by atoms with E-state index in [1.807, 2.05) is 20.8 Å². The van der Waals surface area contributed by atoms with Crippen LogP contribution in [0.5, 0.6) is 0 Å². The van der Waals surface area contributed by atoms with Crippen molar-refractivity contribution in [1.82, 2.24) is 14.3 Å². The fraction of sp³-hybridized carbons (Fsp3) is 0.421. The summed E-state index contributed by atoms with van der Waals surface area (Å²) in [6.45, 7) is 6.95. The van der Waals surface area contributed by atoms with Crippen LogP contribution in [0.25, 0.3) is 0 Å². The molecule has 1 N–H and O–H groups in total. The van der Waals surface area contributed by atoms with Crippen LogP contribution in [0.4, 0.5) is 5.69 Å². The SMILES string of the molecule is Cc1nc(SCC(=O)Nc2ccc(S(=O)(=O)N3CCCC3)cc2)nc(C)c1C. The number of aryl methyl sites for hydroxylation is 2. The number of nitrogens with one attached hydrogen (secondary N) is 1. The van der Waals surface area contributed by atoms with Gasteiger partial charge < -0.3 is 5.32 Å². The summed E-state index contributed by atoms with van der Waals surface area (Å²) in [5, 5.41) is 3.35. The third kappa shape index (κ3) is 4.71. The molecule has 2 heterocycles. The van der Waals surface area contributed by atoms with Crippen LogP contribution in [0.2, 0.25) is 0 Å². The molecule has 0 radical (unpaired) electrons. The standard InChI is InChI=1S/C19H24N4O3S2/c1-13-14(2)20-19(21-15(13)3)27-12-18(24)22-16-6-8-17(9-7-16)28(25,26)23-10-4-5-11-23/h6-9H,4-5,10-12H2,1-3H3,(H,22,24). The van der Waals surface area contributed by atoms with Crippen molar-refractivity contribution in [3.8, 4) is 0 Å². The van der Waals surface area contributed by atoms with E-state index in [1.165, 1.54) is 28.2 Å². The van der Waals surface area contributed by atoms with Crippen molar-refractivity contribution in [3.05, 3.63) is 41.2 Å². The zero-order valence-corrected chi connectivity index (χ0v) is 17.9. The third-order valence-electron chi connectivity index (χ3n) is 4.79. The lowest BCUT2D eigenvalue weighted by atomic mass is 10.2. The molecule has 1 aromatic heterocycles. The van der Waals surface area contributed by atoms with Crippen molar-refractivity contribution in [2.75, 3.05) is 24.2 Å². The second kappa shape index (κ2) is 8.59. The van der Waals surface area contributed by atoms with Gasteiger partial charge in [0.05, 0.1) is 10.6 Å². The molecule has 9 heteroatoms. The largest absolute Gasteiger partial charge is 0.325 e. The van der Waals surface area contributed by atoms with Gasteiger partial charge in [-0.25, -0.2) is 18.4 Å². The second-order valence-corrected chi connectivity index (χ2v) is 9.65. The Hall–Kier alpha value is -1.97. The first kappa shape index (κ1) is 20.8. The Morgan fingerprint density at radius 3 is 2.21 bits per heavy atom. The van der Waals surface area contributed by atoms with Gasteiger partial charge in [0.15, 0.2) is 5.16 Å². The van der Waals surface area contributed by atoms with E-state index in [0.717, 1.165) is 29.8 Å². The van der Waals surface area contributed by atoms with Crippen molar-refractivity contribution >= 4 is 33.4 Å². The predicted octanol–water partition coefficient (Wildman–Crippen LogP) is 2.92. The number of carbonyl (C=O) groups is 1. The Balaban J connectivity index is 1.59. The zero-order chi connectivity index (χ0) is 20.3. The number of aromatic nitrogens is 2. The molecule has 0 aliphatic carbocycles. The van der Waals surface area contributed by atoms with Gasteiger partial charge in [0, 0.05) is 30.2 Å². The molecule has 0 spiro atoms. The Morgan fingerprint density at radius 1 is 1.07 bits per heavy atom. The highest BCUT2D eigenvalue weighted by Crippen LogP contribution is 2.22. The van der Waals surface area contributed by atoms with Gasteiger partial charge >= 0.3 is 0 Å². The number of nitrogens with zero attached hydrogens (tertiary/aromatic N) is 3. The van der Waals surface area contributed by atoms with Crippen LogP contribution in [0.3, 0.4) is 0 Å². The summed E-state index contributed by atoms with van der Waals surface area (Å²) in [5.41, 5.74) is 3.43. The van der Waals surface area contributed by atoms with Gasteiger partial charge in [-0.1, -0.05) is 11.8 Å². The van der Waals surface area contributed by atoms with Gasteiger partial charge in [-0.05, 0) is 63.4 Å². The van der Waals surface area contributed by atoms with Crippen LogP contribution in [-0.4, -0.2) is 47.4 Å². The first-order chi connectivity index (χ1) is 13.3. The van der Waals surface area contributed by atoms with Gasteiger partial charge in [-0.2, -0.15) is 4.31 Å². The van der Waals surface area contributed by atoms with E-state index in [9.17, 15) is 13.2 Å². The van der Waals surface area contributed by atoms with Crippen molar-refractivity contribution in [2.24, 2.45) is 0 Å². The first-order valence-electron chi connectivity index (χ1n) is 9.12. The highest BCUT2D eigenvalue weighted by Gasteiger charge is 2.26. The van der Waals surface area contributed by atoms with Crippen molar-refractivity contribution < 1.29 is 13.2 Å². The van der Waals surface area contributed by atoms with Crippen LogP contribution in [0, 0.1) is 20.8 Å². The minimum absolute atomic E-state index is 0.176. The Bertz CT molecular complexity index is 946.